The fraction of sp³-hybridized carbons (Fsp3) is 0.700. The van der Waals surface area contributed by atoms with Crippen LogP contribution in [0.5, 0.6) is 0 Å². The highest BCUT2D eigenvalue weighted by Crippen LogP contribution is 2.28. The van der Waals surface area contributed by atoms with Crippen molar-refractivity contribution in [2.75, 3.05) is 0 Å². The summed E-state index contributed by atoms with van der Waals surface area (Å²) in [5.74, 6) is 0. The molecule has 0 radical (unpaired) electrons. The molecule has 1 aromatic rings. The lowest BCUT2D eigenvalue weighted by atomic mass is 10.1. The number of hydrogen-bond donors (Lipinski definition) is 1. The van der Waals surface area contributed by atoms with E-state index in [1.807, 2.05) is 6.92 Å². The zero-order chi connectivity index (χ0) is 12.2. The van der Waals surface area contributed by atoms with Crippen molar-refractivity contribution in [3.63, 3.8) is 0 Å². The molecule has 1 unspecified atom stereocenters. The number of aryl methyl sites for hydroxylation is 1. The smallest absolute Gasteiger partial charge is 0.328 e. The molecule has 0 aliphatic carbocycles. The second-order valence-corrected chi connectivity index (χ2v) is 3.80. The molecule has 0 saturated carbocycles. The molecule has 1 aromatic heterocycles. The van der Waals surface area contributed by atoms with Gasteiger partial charge in [0.1, 0.15) is 0 Å². The monoisotopic (exact) mass is 235 g/mol. The van der Waals surface area contributed by atoms with Gasteiger partial charge >= 0.3 is 6.18 Å². The van der Waals surface area contributed by atoms with Crippen molar-refractivity contribution in [3.8, 4) is 0 Å². The highest BCUT2D eigenvalue weighted by atomic mass is 19.4. The van der Waals surface area contributed by atoms with E-state index in [2.05, 4.69) is 5.10 Å². The van der Waals surface area contributed by atoms with Crippen molar-refractivity contribution >= 4 is 0 Å². The molecule has 16 heavy (non-hydrogen) atoms. The van der Waals surface area contributed by atoms with Crippen LogP contribution >= 0.6 is 0 Å². The summed E-state index contributed by atoms with van der Waals surface area (Å²) in [5.41, 5.74) is 5.00. The van der Waals surface area contributed by atoms with Crippen LogP contribution in [-0.2, 0) is 12.7 Å². The predicted molar refractivity (Wildman–Crippen MR) is 54.7 cm³/mol. The van der Waals surface area contributed by atoms with Crippen LogP contribution in [0.1, 0.15) is 31.7 Å². The van der Waals surface area contributed by atoms with Gasteiger partial charge in [-0.25, -0.2) is 0 Å². The van der Waals surface area contributed by atoms with Gasteiger partial charge in [-0.05, 0) is 19.3 Å². The SMILES string of the molecule is CCC(N)CCCn1cc(C(F)(F)F)cn1. The maximum absolute atomic E-state index is 12.2. The van der Waals surface area contributed by atoms with Gasteiger partial charge in [0.15, 0.2) is 0 Å². The Morgan fingerprint density at radius 1 is 1.50 bits per heavy atom. The van der Waals surface area contributed by atoms with Crippen molar-refractivity contribution < 1.29 is 13.2 Å². The topological polar surface area (TPSA) is 43.8 Å². The summed E-state index contributed by atoms with van der Waals surface area (Å²) < 4.78 is 38.0. The van der Waals surface area contributed by atoms with Crippen molar-refractivity contribution in [1.82, 2.24) is 9.78 Å². The molecule has 1 rings (SSSR count). The lowest BCUT2D eigenvalue weighted by Crippen LogP contribution is -2.18. The maximum atomic E-state index is 12.2. The van der Waals surface area contributed by atoms with Crippen LogP contribution in [-0.4, -0.2) is 15.8 Å². The van der Waals surface area contributed by atoms with Crippen LogP contribution in [0.15, 0.2) is 12.4 Å². The van der Waals surface area contributed by atoms with Gasteiger partial charge in [-0.1, -0.05) is 6.92 Å². The lowest BCUT2D eigenvalue weighted by Gasteiger charge is -2.07. The van der Waals surface area contributed by atoms with E-state index in [1.165, 1.54) is 4.68 Å². The van der Waals surface area contributed by atoms with Crippen molar-refractivity contribution in [1.29, 1.82) is 0 Å². The molecular weight excluding hydrogens is 219 g/mol. The number of aromatic nitrogens is 2. The van der Waals surface area contributed by atoms with Gasteiger partial charge in [0.2, 0.25) is 0 Å². The number of halogens is 3. The van der Waals surface area contributed by atoms with Crippen molar-refractivity contribution in [3.05, 3.63) is 18.0 Å². The molecule has 2 N–H and O–H groups in total. The minimum Gasteiger partial charge on any atom is -0.328 e. The Balaban J connectivity index is 2.41. The summed E-state index contributed by atoms with van der Waals surface area (Å²) in [6.07, 6.45) is -0.00606. The van der Waals surface area contributed by atoms with Gasteiger partial charge < -0.3 is 5.73 Å². The van der Waals surface area contributed by atoms with Gasteiger partial charge in [-0.15, -0.1) is 0 Å². The minimum absolute atomic E-state index is 0.123. The second-order valence-electron chi connectivity index (χ2n) is 3.80. The van der Waals surface area contributed by atoms with Crippen LogP contribution < -0.4 is 5.73 Å². The van der Waals surface area contributed by atoms with Crippen LogP contribution in [0, 0.1) is 0 Å². The van der Waals surface area contributed by atoms with Gasteiger partial charge in [0, 0.05) is 18.8 Å². The highest BCUT2D eigenvalue weighted by Gasteiger charge is 2.32. The minimum atomic E-state index is -4.31. The third kappa shape index (κ3) is 3.84. The van der Waals surface area contributed by atoms with Gasteiger partial charge in [0.05, 0.1) is 11.8 Å². The highest BCUT2D eigenvalue weighted by molar-refractivity contribution is 5.08. The predicted octanol–water partition coefficient (Wildman–Crippen LogP) is 2.42. The first-order valence-electron chi connectivity index (χ1n) is 5.28. The van der Waals surface area contributed by atoms with Crippen molar-refractivity contribution in [2.24, 2.45) is 5.73 Å². The lowest BCUT2D eigenvalue weighted by molar-refractivity contribution is -0.137. The summed E-state index contributed by atoms with van der Waals surface area (Å²) >= 11 is 0. The Kier molecular flexibility index (Phi) is 4.35. The summed E-state index contributed by atoms with van der Waals surface area (Å²) in [5, 5.41) is 3.66. The molecule has 0 bridgehead atoms. The molecule has 3 nitrogen and oxygen atoms in total. The van der Waals surface area contributed by atoms with Crippen LogP contribution in [0.3, 0.4) is 0 Å². The van der Waals surface area contributed by atoms with Crippen LogP contribution in [0.2, 0.25) is 0 Å². The quantitative estimate of drug-likeness (QED) is 0.851. The first kappa shape index (κ1) is 13.0. The van der Waals surface area contributed by atoms with Crippen molar-refractivity contribution in [2.45, 2.75) is 44.9 Å². The molecule has 0 spiro atoms. The molecule has 0 fully saturated rings. The number of rotatable bonds is 5. The summed E-state index contributed by atoms with van der Waals surface area (Å²) in [6.45, 7) is 2.46. The summed E-state index contributed by atoms with van der Waals surface area (Å²) in [7, 11) is 0. The average Bonchev–Trinajstić information content (AvgIpc) is 2.65. The van der Waals surface area contributed by atoms with Crippen LogP contribution in [0.25, 0.3) is 0 Å². The average molecular weight is 235 g/mol. The normalized spacial score (nSPS) is 14.1. The Hall–Kier alpha value is -1.04. The molecule has 0 aliphatic rings. The molecule has 0 saturated heterocycles. The second kappa shape index (κ2) is 5.34. The molecule has 0 aromatic carbocycles. The summed E-state index contributed by atoms with van der Waals surface area (Å²) in [4.78, 5) is 0. The van der Waals surface area contributed by atoms with E-state index < -0.39 is 11.7 Å². The molecule has 92 valence electrons. The molecule has 0 aliphatic heterocycles. The Morgan fingerprint density at radius 3 is 2.69 bits per heavy atom. The van der Waals surface area contributed by atoms with E-state index in [9.17, 15) is 13.2 Å². The first-order chi connectivity index (χ1) is 7.43. The first-order valence-corrected chi connectivity index (χ1v) is 5.28. The van der Waals surface area contributed by atoms with E-state index in [-0.39, 0.29) is 6.04 Å². The van der Waals surface area contributed by atoms with Gasteiger partial charge in [-0.3, -0.25) is 4.68 Å². The third-order valence-electron chi connectivity index (χ3n) is 2.45. The molecule has 6 heteroatoms. The number of alkyl halides is 3. The Bertz CT molecular complexity index is 319. The largest absolute Gasteiger partial charge is 0.419 e. The molecule has 0 amide bonds. The van der Waals surface area contributed by atoms with E-state index in [4.69, 9.17) is 5.73 Å². The fourth-order valence-corrected chi connectivity index (χ4v) is 1.35. The Morgan fingerprint density at radius 2 is 2.19 bits per heavy atom. The van der Waals surface area contributed by atoms with E-state index in [1.54, 1.807) is 0 Å². The van der Waals surface area contributed by atoms with E-state index in [0.717, 1.165) is 31.7 Å². The molecule has 1 atom stereocenters. The number of hydrogen-bond acceptors (Lipinski definition) is 2. The van der Waals surface area contributed by atoms with Crippen LogP contribution in [0.4, 0.5) is 13.2 Å². The van der Waals surface area contributed by atoms with E-state index in [0.29, 0.717) is 6.54 Å². The standard InChI is InChI=1S/C10H16F3N3/c1-2-9(14)4-3-5-16-7-8(6-15-16)10(11,12)13/h6-7,9H,2-5,14H2,1H3. The third-order valence-corrected chi connectivity index (χ3v) is 2.45. The van der Waals surface area contributed by atoms with Gasteiger partial charge in [-0.2, -0.15) is 18.3 Å². The Labute approximate surface area is 92.4 Å². The number of nitrogens with zero attached hydrogens (tertiary/aromatic N) is 2. The number of nitrogens with two attached hydrogens (primary N) is 1. The van der Waals surface area contributed by atoms with E-state index >= 15 is 0 Å². The zero-order valence-corrected chi connectivity index (χ0v) is 9.17. The fourth-order valence-electron chi connectivity index (χ4n) is 1.35. The zero-order valence-electron chi connectivity index (χ0n) is 9.17. The maximum Gasteiger partial charge on any atom is 0.419 e. The molecular formula is C10H16F3N3. The molecule has 1 heterocycles. The van der Waals surface area contributed by atoms with Gasteiger partial charge in [0.25, 0.3) is 0 Å². The summed E-state index contributed by atoms with van der Waals surface area (Å²) in [6, 6.07) is 0.123.